The number of fused-ring (bicyclic) bond motifs is 2. The summed E-state index contributed by atoms with van der Waals surface area (Å²) in [7, 11) is 7.30. The van der Waals surface area contributed by atoms with Crippen LogP contribution in [-0.2, 0) is 12.8 Å². The van der Waals surface area contributed by atoms with Gasteiger partial charge in [-0.15, -0.1) is 0 Å². The minimum atomic E-state index is 0.354. The van der Waals surface area contributed by atoms with Crippen molar-refractivity contribution >= 4 is 0 Å². The molecule has 0 saturated heterocycles. The van der Waals surface area contributed by atoms with Crippen LogP contribution in [0.25, 0.3) is 11.1 Å². The Morgan fingerprint density at radius 1 is 0.958 bits per heavy atom. The molecule has 0 spiro atoms. The monoisotopic (exact) mass is 325 g/mol. The van der Waals surface area contributed by atoms with Crippen molar-refractivity contribution in [2.75, 3.05) is 34.9 Å². The maximum absolute atomic E-state index is 5.82. The SMILES string of the molecule is COc1c2c3c(c(OC)c1OC)-c1ccccc1C[C@H]3N(C)CC2. The zero-order valence-electron chi connectivity index (χ0n) is 14.7. The molecule has 0 saturated carbocycles. The first-order chi connectivity index (χ1) is 11.7. The molecule has 4 rings (SSSR count). The molecule has 4 nitrogen and oxygen atoms in total. The molecule has 0 amide bonds. The Kier molecular flexibility index (Phi) is 3.65. The topological polar surface area (TPSA) is 30.9 Å². The van der Waals surface area contributed by atoms with Crippen LogP contribution < -0.4 is 14.2 Å². The summed E-state index contributed by atoms with van der Waals surface area (Å²) in [6.07, 6.45) is 1.98. The Labute approximate surface area is 142 Å². The van der Waals surface area contributed by atoms with Gasteiger partial charge >= 0.3 is 0 Å². The number of hydrogen-bond acceptors (Lipinski definition) is 4. The van der Waals surface area contributed by atoms with E-state index in [1.165, 1.54) is 27.8 Å². The molecule has 2 aliphatic rings. The van der Waals surface area contributed by atoms with Gasteiger partial charge in [-0.25, -0.2) is 0 Å². The van der Waals surface area contributed by atoms with E-state index in [0.29, 0.717) is 11.8 Å². The molecule has 24 heavy (non-hydrogen) atoms. The van der Waals surface area contributed by atoms with Crippen LogP contribution in [0.2, 0.25) is 0 Å². The van der Waals surface area contributed by atoms with E-state index in [1.807, 2.05) is 0 Å². The average Bonchev–Trinajstić information content (AvgIpc) is 2.63. The minimum Gasteiger partial charge on any atom is -0.492 e. The highest BCUT2D eigenvalue weighted by Crippen LogP contribution is 2.56. The molecule has 0 bridgehead atoms. The molecule has 1 aliphatic heterocycles. The van der Waals surface area contributed by atoms with Gasteiger partial charge in [0.25, 0.3) is 0 Å². The van der Waals surface area contributed by atoms with Crippen molar-refractivity contribution in [3.8, 4) is 28.4 Å². The van der Waals surface area contributed by atoms with Crippen molar-refractivity contribution in [1.82, 2.24) is 4.90 Å². The summed E-state index contributed by atoms with van der Waals surface area (Å²) in [5.41, 5.74) is 6.39. The van der Waals surface area contributed by atoms with Crippen molar-refractivity contribution in [3.63, 3.8) is 0 Å². The van der Waals surface area contributed by atoms with Crippen LogP contribution in [0.1, 0.15) is 22.7 Å². The second-order valence-corrected chi connectivity index (χ2v) is 6.47. The van der Waals surface area contributed by atoms with E-state index in [9.17, 15) is 0 Å². The highest BCUT2D eigenvalue weighted by molar-refractivity contribution is 5.86. The van der Waals surface area contributed by atoms with Gasteiger partial charge in [-0.3, -0.25) is 4.90 Å². The van der Waals surface area contributed by atoms with Crippen LogP contribution in [0.15, 0.2) is 24.3 Å². The predicted octanol–water partition coefficient (Wildman–Crippen LogP) is 3.46. The van der Waals surface area contributed by atoms with Crippen molar-refractivity contribution in [3.05, 3.63) is 41.0 Å². The Balaban J connectivity index is 2.14. The number of methoxy groups -OCH3 is 3. The molecule has 0 radical (unpaired) electrons. The summed E-state index contributed by atoms with van der Waals surface area (Å²) in [6, 6.07) is 8.96. The van der Waals surface area contributed by atoms with E-state index in [4.69, 9.17) is 14.2 Å². The smallest absolute Gasteiger partial charge is 0.204 e. The lowest BCUT2D eigenvalue weighted by molar-refractivity contribution is 0.222. The highest BCUT2D eigenvalue weighted by atomic mass is 16.5. The Morgan fingerprint density at radius 2 is 1.67 bits per heavy atom. The van der Waals surface area contributed by atoms with Gasteiger partial charge < -0.3 is 14.2 Å². The highest BCUT2D eigenvalue weighted by Gasteiger charge is 2.38. The van der Waals surface area contributed by atoms with Crippen LogP contribution in [0, 0.1) is 0 Å². The molecule has 2 aromatic rings. The largest absolute Gasteiger partial charge is 0.492 e. The van der Waals surface area contributed by atoms with Gasteiger partial charge in [0.2, 0.25) is 5.75 Å². The van der Waals surface area contributed by atoms with Crippen LogP contribution >= 0.6 is 0 Å². The number of rotatable bonds is 3. The molecule has 4 heteroatoms. The first-order valence-electron chi connectivity index (χ1n) is 8.34. The van der Waals surface area contributed by atoms with Crippen molar-refractivity contribution in [2.45, 2.75) is 18.9 Å². The molecule has 1 aliphatic carbocycles. The lowest BCUT2D eigenvalue weighted by atomic mass is 9.76. The second kappa shape index (κ2) is 5.71. The lowest BCUT2D eigenvalue weighted by Crippen LogP contribution is -2.36. The summed E-state index contributed by atoms with van der Waals surface area (Å²) in [6.45, 7) is 1.02. The molecule has 0 fully saturated rings. The van der Waals surface area contributed by atoms with E-state index in [1.54, 1.807) is 21.3 Å². The van der Waals surface area contributed by atoms with E-state index in [0.717, 1.165) is 30.9 Å². The first-order valence-corrected chi connectivity index (χ1v) is 8.34. The van der Waals surface area contributed by atoms with E-state index in [2.05, 4.69) is 36.2 Å². The molecule has 2 aromatic carbocycles. The molecular weight excluding hydrogens is 302 g/mol. The Morgan fingerprint density at radius 3 is 2.38 bits per heavy atom. The van der Waals surface area contributed by atoms with Gasteiger partial charge in [0.1, 0.15) is 0 Å². The Bertz CT molecular complexity index is 800. The van der Waals surface area contributed by atoms with Crippen LogP contribution in [0.5, 0.6) is 17.2 Å². The normalized spacial score (nSPS) is 18.6. The lowest BCUT2D eigenvalue weighted by Gasteiger charge is -2.41. The summed E-state index contributed by atoms with van der Waals surface area (Å²) in [4.78, 5) is 2.44. The molecule has 126 valence electrons. The second-order valence-electron chi connectivity index (χ2n) is 6.47. The maximum atomic E-state index is 5.82. The van der Waals surface area contributed by atoms with E-state index in [-0.39, 0.29) is 0 Å². The quantitative estimate of drug-likeness (QED) is 0.865. The maximum Gasteiger partial charge on any atom is 0.204 e. The number of likely N-dealkylation sites (N-methyl/N-ethyl adjacent to an activating group) is 1. The Hall–Kier alpha value is -2.20. The standard InChI is InChI=1S/C20H23NO3/c1-21-10-9-14-16-15(21)11-12-7-5-6-8-13(12)17(16)19(23-3)20(24-4)18(14)22-2/h5-8,15H,9-11H2,1-4H3/t15-/m1/s1. The van der Waals surface area contributed by atoms with Gasteiger partial charge in [-0.05, 0) is 36.6 Å². The summed E-state index contributed by atoms with van der Waals surface area (Å²) >= 11 is 0. The van der Waals surface area contributed by atoms with Crippen LogP contribution in [0.4, 0.5) is 0 Å². The fraction of sp³-hybridized carbons (Fsp3) is 0.400. The summed E-state index contributed by atoms with van der Waals surface area (Å²) in [5, 5.41) is 0. The number of benzene rings is 2. The van der Waals surface area contributed by atoms with E-state index >= 15 is 0 Å². The predicted molar refractivity (Wildman–Crippen MR) is 94.3 cm³/mol. The first kappa shape index (κ1) is 15.3. The summed E-state index contributed by atoms with van der Waals surface area (Å²) < 4.78 is 17.3. The van der Waals surface area contributed by atoms with Gasteiger partial charge in [0.05, 0.1) is 21.3 Å². The summed E-state index contributed by atoms with van der Waals surface area (Å²) in [5.74, 6) is 2.31. The third-order valence-electron chi connectivity index (χ3n) is 5.40. The molecule has 1 heterocycles. The van der Waals surface area contributed by atoms with Crippen LogP contribution in [-0.4, -0.2) is 39.8 Å². The third kappa shape index (κ3) is 1.96. The number of hydrogen-bond donors (Lipinski definition) is 0. The van der Waals surface area contributed by atoms with Crippen molar-refractivity contribution < 1.29 is 14.2 Å². The molecular formula is C20H23NO3. The van der Waals surface area contributed by atoms with Gasteiger partial charge in [0.15, 0.2) is 11.5 Å². The number of nitrogens with zero attached hydrogens (tertiary/aromatic N) is 1. The number of ether oxygens (including phenoxy) is 3. The molecule has 0 N–H and O–H groups in total. The van der Waals surface area contributed by atoms with Crippen molar-refractivity contribution in [2.24, 2.45) is 0 Å². The van der Waals surface area contributed by atoms with Crippen LogP contribution in [0.3, 0.4) is 0 Å². The zero-order valence-corrected chi connectivity index (χ0v) is 14.7. The average molecular weight is 325 g/mol. The third-order valence-corrected chi connectivity index (χ3v) is 5.40. The van der Waals surface area contributed by atoms with Gasteiger partial charge in [-0.1, -0.05) is 24.3 Å². The van der Waals surface area contributed by atoms with Gasteiger partial charge in [-0.2, -0.15) is 0 Å². The molecule has 0 aromatic heterocycles. The minimum absolute atomic E-state index is 0.354. The molecule has 0 unspecified atom stereocenters. The fourth-order valence-electron chi connectivity index (χ4n) is 4.30. The van der Waals surface area contributed by atoms with Crippen molar-refractivity contribution in [1.29, 1.82) is 0 Å². The zero-order chi connectivity index (χ0) is 16.8. The van der Waals surface area contributed by atoms with E-state index < -0.39 is 0 Å². The molecule has 1 atom stereocenters. The van der Waals surface area contributed by atoms with Gasteiger partial charge in [0, 0.05) is 23.7 Å². The fourth-order valence-corrected chi connectivity index (χ4v) is 4.30.